The van der Waals surface area contributed by atoms with E-state index in [1.807, 2.05) is 18.2 Å². The Morgan fingerprint density at radius 3 is 2.74 bits per heavy atom. The molecule has 0 radical (unpaired) electrons. The Kier molecular flexibility index (Phi) is 3.06. The summed E-state index contributed by atoms with van der Waals surface area (Å²) in [6.45, 7) is 7.32. The van der Waals surface area contributed by atoms with E-state index in [9.17, 15) is 0 Å². The summed E-state index contributed by atoms with van der Waals surface area (Å²) in [7, 11) is 0. The SMILES string of the molecule is CC(C)(C)NCc1nc2ccc(Cl)cc2n1C1CC1. The molecule has 2 aromatic rings. The highest BCUT2D eigenvalue weighted by atomic mass is 35.5. The van der Waals surface area contributed by atoms with Crippen LogP contribution in [0.1, 0.15) is 45.5 Å². The van der Waals surface area contributed by atoms with E-state index in [1.54, 1.807) is 0 Å². The third-order valence-electron chi connectivity index (χ3n) is 3.41. The minimum atomic E-state index is 0.101. The summed E-state index contributed by atoms with van der Waals surface area (Å²) >= 11 is 6.12. The quantitative estimate of drug-likeness (QED) is 0.922. The lowest BCUT2D eigenvalue weighted by molar-refractivity contribution is 0.412. The minimum absolute atomic E-state index is 0.101. The first kappa shape index (κ1) is 12.9. The van der Waals surface area contributed by atoms with Gasteiger partial charge in [-0.2, -0.15) is 0 Å². The molecule has 0 bridgehead atoms. The highest BCUT2D eigenvalue weighted by Crippen LogP contribution is 2.39. The number of hydrogen-bond acceptors (Lipinski definition) is 2. The van der Waals surface area contributed by atoms with Gasteiger partial charge in [-0.15, -0.1) is 0 Å². The Morgan fingerprint density at radius 2 is 2.11 bits per heavy atom. The average Bonchev–Trinajstić information content (AvgIpc) is 3.07. The van der Waals surface area contributed by atoms with Crippen LogP contribution in [-0.4, -0.2) is 15.1 Å². The van der Waals surface area contributed by atoms with Crippen LogP contribution in [0.25, 0.3) is 11.0 Å². The van der Waals surface area contributed by atoms with E-state index in [2.05, 4.69) is 30.7 Å². The van der Waals surface area contributed by atoms with Gasteiger partial charge in [0.15, 0.2) is 0 Å². The van der Waals surface area contributed by atoms with Crippen LogP contribution in [0, 0.1) is 0 Å². The van der Waals surface area contributed by atoms with Gasteiger partial charge in [-0.05, 0) is 51.8 Å². The Bertz CT molecular complexity index is 606. The van der Waals surface area contributed by atoms with Gasteiger partial charge in [0, 0.05) is 16.6 Å². The van der Waals surface area contributed by atoms with Crippen molar-refractivity contribution in [3.05, 3.63) is 29.0 Å². The summed E-state index contributed by atoms with van der Waals surface area (Å²) in [5, 5.41) is 4.30. The van der Waals surface area contributed by atoms with E-state index < -0.39 is 0 Å². The minimum Gasteiger partial charge on any atom is -0.324 e. The van der Waals surface area contributed by atoms with Crippen LogP contribution >= 0.6 is 11.6 Å². The van der Waals surface area contributed by atoms with Crippen molar-refractivity contribution in [1.29, 1.82) is 0 Å². The second-order valence-corrected chi connectivity index (χ2v) is 6.80. The van der Waals surface area contributed by atoms with Crippen molar-refractivity contribution in [2.45, 2.75) is 51.7 Å². The Morgan fingerprint density at radius 1 is 1.37 bits per heavy atom. The van der Waals surface area contributed by atoms with Gasteiger partial charge in [0.1, 0.15) is 5.82 Å². The molecule has 1 aromatic heterocycles. The van der Waals surface area contributed by atoms with Gasteiger partial charge in [-0.25, -0.2) is 4.98 Å². The molecule has 1 fully saturated rings. The molecule has 1 aromatic carbocycles. The zero-order valence-corrected chi connectivity index (χ0v) is 12.5. The Balaban J connectivity index is 2.00. The van der Waals surface area contributed by atoms with Gasteiger partial charge >= 0.3 is 0 Å². The molecule has 1 heterocycles. The molecule has 1 aliphatic carbocycles. The van der Waals surface area contributed by atoms with E-state index in [0.717, 1.165) is 22.9 Å². The first-order chi connectivity index (χ1) is 8.94. The molecule has 0 atom stereocenters. The van der Waals surface area contributed by atoms with Gasteiger partial charge < -0.3 is 9.88 Å². The van der Waals surface area contributed by atoms with E-state index >= 15 is 0 Å². The zero-order chi connectivity index (χ0) is 13.6. The van der Waals surface area contributed by atoms with Crippen molar-refractivity contribution in [3.8, 4) is 0 Å². The van der Waals surface area contributed by atoms with Crippen molar-refractivity contribution in [3.63, 3.8) is 0 Å². The van der Waals surface area contributed by atoms with Crippen LogP contribution in [0.2, 0.25) is 5.02 Å². The molecule has 3 nitrogen and oxygen atoms in total. The third-order valence-corrected chi connectivity index (χ3v) is 3.65. The predicted octanol–water partition coefficient (Wildman–Crippen LogP) is 3.91. The molecule has 0 amide bonds. The molecular weight excluding hydrogens is 258 g/mol. The highest BCUT2D eigenvalue weighted by molar-refractivity contribution is 6.31. The number of rotatable bonds is 3. The van der Waals surface area contributed by atoms with Crippen LogP contribution in [-0.2, 0) is 6.54 Å². The monoisotopic (exact) mass is 277 g/mol. The van der Waals surface area contributed by atoms with Gasteiger partial charge in [0.25, 0.3) is 0 Å². The molecule has 0 spiro atoms. The maximum atomic E-state index is 6.12. The van der Waals surface area contributed by atoms with Crippen LogP contribution in [0.15, 0.2) is 18.2 Å². The highest BCUT2D eigenvalue weighted by Gasteiger charge is 2.28. The molecular formula is C15H20ClN3. The number of aromatic nitrogens is 2. The van der Waals surface area contributed by atoms with Gasteiger partial charge in [0.2, 0.25) is 0 Å². The van der Waals surface area contributed by atoms with E-state index in [1.165, 1.54) is 18.4 Å². The first-order valence-electron chi connectivity index (χ1n) is 6.85. The molecule has 1 N–H and O–H groups in total. The molecule has 1 aliphatic rings. The van der Waals surface area contributed by atoms with Crippen molar-refractivity contribution in [2.75, 3.05) is 0 Å². The lowest BCUT2D eigenvalue weighted by Gasteiger charge is -2.20. The smallest absolute Gasteiger partial charge is 0.124 e. The number of nitrogens with one attached hydrogen (secondary N) is 1. The van der Waals surface area contributed by atoms with Crippen LogP contribution in [0.3, 0.4) is 0 Å². The number of benzene rings is 1. The third kappa shape index (κ3) is 2.77. The van der Waals surface area contributed by atoms with E-state index in [0.29, 0.717) is 6.04 Å². The lowest BCUT2D eigenvalue weighted by atomic mass is 10.1. The van der Waals surface area contributed by atoms with E-state index in [4.69, 9.17) is 16.6 Å². The van der Waals surface area contributed by atoms with Crippen molar-refractivity contribution >= 4 is 22.6 Å². The normalized spacial score (nSPS) is 16.2. The molecule has 1 saturated carbocycles. The standard InChI is InChI=1S/C15H20ClN3/c1-15(2,3)17-9-14-18-12-7-4-10(16)8-13(12)19(14)11-5-6-11/h4,7-8,11,17H,5-6,9H2,1-3H3. The fraction of sp³-hybridized carbons (Fsp3) is 0.533. The topological polar surface area (TPSA) is 29.9 Å². The van der Waals surface area contributed by atoms with Gasteiger partial charge in [0.05, 0.1) is 17.6 Å². The average molecular weight is 278 g/mol. The molecule has 19 heavy (non-hydrogen) atoms. The Labute approximate surface area is 119 Å². The van der Waals surface area contributed by atoms with E-state index in [-0.39, 0.29) is 5.54 Å². The Hall–Kier alpha value is -1.06. The summed E-state index contributed by atoms with van der Waals surface area (Å²) in [4.78, 5) is 4.76. The second kappa shape index (κ2) is 4.50. The first-order valence-corrected chi connectivity index (χ1v) is 7.23. The fourth-order valence-electron chi connectivity index (χ4n) is 2.33. The summed E-state index contributed by atoms with van der Waals surface area (Å²) < 4.78 is 2.36. The summed E-state index contributed by atoms with van der Waals surface area (Å²) in [5.41, 5.74) is 2.31. The summed E-state index contributed by atoms with van der Waals surface area (Å²) in [6, 6.07) is 6.56. The number of hydrogen-bond donors (Lipinski definition) is 1. The second-order valence-electron chi connectivity index (χ2n) is 6.37. The maximum absolute atomic E-state index is 6.12. The largest absolute Gasteiger partial charge is 0.324 e. The summed E-state index contributed by atoms with van der Waals surface area (Å²) in [5.74, 6) is 1.12. The van der Waals surface area contributed by atoms with Crippen LogP contribution in [0.4, 0.5) is 0 Å². The summed E-state index contributed by atoms with van der Waals surface area (Å²) in [6.07, 6.45) is 2.50. The zero-order valence-electron chi connectivity index (χ0n) is 11.7. The maximum Gasteiger partial charge on any atom is 0.124 e. The number of nitrogens with zero attached hydrogens (tertiary/aromatic N) is 2. The molecule has 102 valence electrons. The number of imidazole rings is 1. The number of fused-ring (bicyclic) bond motifs is 1. The van der Waals surface area contributed by atoms with Gasteiger partial charge in [-0.3, -0.25) is 0 Å². The molecule has 4 heteroatoms. The molecule has 0 unspecified atom stereocenters. The van der Waals surface area contributed by atoms with Crippen molar-refractivity contribution < 1.29 is 0 Å². The fourth-order valence-corrected chi connectivity index (χ4v) is 2.49. The van der Waals surface area contributed by atoms with Gasteiger partial charge in [-0.1, -0.05) is 11.6 Å². The van der Waals surface area contributed by atoms with Crippen LogP contribution in [0.5, 0.6) is 0 Å². The molecule has 0 saturated heterocycles. The number of halogens is 1. The molecule has 0 aliphatic heterocycles. The molecule has 3 rings (SSSR count). The lowest BCUT2D eigenvalue weighted by Crippen LogP contribution is -2.35. The predicted molar refractivity (Wildman–Crippen MR) is 79.6 cm³/mol. The van der Waals surface area contributed by atoms with Crippen molar-refractivity contribution in [1.82, 2.24) is 14.9 Å². The van der Waals surface area contributed by atoms with Crippen molar-refractivity contribution in [2.24, 2.45) is 0 Å². The van der Waals surface area contributed by atoms with Crippen LogP contribution < -0.4 is 5.32 Å².